The average Bonchev–Trinajstić information content (AvgIpc) is 2.89. The molecular weight excluding hydrogens is 236 g/mol. The number of hydrogen-bond donors (Lipinski definition) is 0. The molecule has 1 unspecified atom stereocenters. The van der Waals surface area contributed by atoms with Crippen LogP contribution in [0.15, 0.2) is 0 Å². The van der Waals surface area contributed by atoms with E-state index in [0.717, 1.165) is 25.7 Å². The van der Waals surface area contributed by atoms with Gasteiger partial charge in [-0.2, -0.15) is 0 Å². The molecule has 0 aromatic rings. The Morgan fingerprint density at radius 3 is 2.11 bits per heavy atom. The van der Waals surface area contributed by atoms with Gasteiger partial charge in [0.1, 0.15) is 5.60 Å². The number of rotatable bonds is 4. The lowest BCUT2D eigenvalue weighted by Gasteiger charge is -2.44. The topological polar surface area (TPSA) is 26.3 Å². The Labute approximate surface area is 118 Å². The first kappa shape index (κ1) is 14.9. The van der Waals surface area contributed by atoms with E-state index in [-0.39, 0.29) is 17.5 Å². The monoisotopic (exact) mass is 266 g/mol. The predicted molar refractivity (Wildman–Crippen MR) is 77.9 cm³/mol. The maximum Gasteiger partial charge on any atom is 0.309 e. The van der Waals surface area contributed by atoms with Crippen LogP contribution in [0, 0.1) is 11.3 Å². The van der Waals surface area contributed by atoms with Gasteiger partial charge in [-0.25, -0.2) is 0 Å². The minimum atomic E-state index is -0.144. The molecule has 0 radical (unpaired) electrons. The quantitative estimate of drug-likeness (QED) is 0.679. The summed E-state index contributed by atoms with van der Waals surface area (Å²) in [6.45, 7) is 6.21. The van der Waals surface area contributed by atoms with E-state index in [1.165, 1.54) is 38.5 Å². The summed E-state index contributed by atoms with van der Waals surface area (Å²) in [5, 5.41) is 0. The van der Waals surface area contributed by atoms with Gasteiger partial charge >= 0.3 is 5.97 Å². The van der Waals surface area contributed by atoms with Crippen molar-refractivity contribution in [3.05, 3.63) is 0 Å². The van der Waals surface area contributed by atoms with Crippen LogP contribution in [0.3, 0.4) is 0 Å². The normalized spacial score (nSPS) is 26.3. The molecule has 2 saturated carbocycles. The van der Waals surface area contributed by atoms with E-state index in [1.807, 2.05) is 6.92 Å². The van der Waals surface area contributed by atoms with E-state index in [4.69, 9.17) is 4.74 Å². The van der Waals surface area contributed by atoms with Crippen LogP contribution in [0.5, 0.6) is 0 Å². The summed E-state index contributed by atoms with van der Waals surface area (Å²) in [5.41, 5.74) is 0.468. The second-order valence-corrected chi connectivity index (χ2v) is 6.97. The van der Waals surface area contributed by atoms with Crippen molar-refractivity contribution in [2.45, 2.75) is 90.6 Å². The van der Waals surface area contributed by atoms with E-state index in [9.17, 15) is 4.79 Å². The average molecular weight is 266 g/mol. The first-order valence-electron chi connectivity index (χ1n) is 8.28. The highest BCUT2D eigenvalue weighted by Crippen LogP contribution is 2.52. The van der Waals surface area contributed by atoms with E-state index in [1.54, 1.807) is 0 Å². The fourth-order valence-electron chi connectivity index (χ4n) is 3.87. The van der Waals surface area contributed by atoms with Gasteiger partial charge in [-0.1, -0.05) is 33.6 Å². The third kappa shape index (κ3) is 3.14. The molecule has 2 rings (SSSR count). The molecule has 0 aromatic carbocycles. The van der Waals surface area contributed by atoms with Crippen LogP contribution in [0.4, 0.5) is 0 Å². The Kier molecular flexibility index (Phi) is 4.58. The lowest BCUT2D eigenvalue weighted by Crippen LogP contribution is -2.42. The molecule has 0 heterocycles. The van der Waals surface area contributed by atoms with E-state index < -0.39 is 0 Å². The molecule has 2 nitrogen and oxygen atoms in total. The van der Waals surface area contributed by atoms with E-state index in [2.05, 4.69) is 13.8 Å². The molecule has 2 fully saturated rings. The van der Waals surface area contributed by atoms with Crippen LogP contribution in [0.1, 0.15) is 85.0 Å². The fourth-order valence-corrected chi connectivity index (χ4v) is 3.87. The third-order valence-corrected chi connectivity index (χ3v) is 5.86. The summed E-state index contributed by atoms with van der Waals surface area (Å²) < 4.78 is 5.94. The van der Waals surface area contributed by atoms with Crippen molar-refractivity contribution in [1.82, 2.24) is 0 Å². The van der Waals surface area contributed by atoms with Crippen molar-refractivity contribution in [3.8, 4) is 0 Å². The molecule has 2 heteroatoms. The Hall–Kier alpha value is -0.530. The van der Waals surface area contributed by atoms with Gasteiger partial charge < -0.3 is 4.74 Å². The molecule has 0 N–H and O–H groups in total. The summed E-state index contributed by atoms with van der Waals surface area (Å²) in [5.74, 6) is 0.0671. The minimum absolute atomic E-state index is 0.0201. The molecule has 2 aliphatic rings. The standard InChI is InChI=1S/C17H30O2/c1-4-14(3)15(18)19-17(5-2)12-10-16(11-13-17)8-6-7-9-16/h14H,4-13H2,1-3H3. The maximum absolute atomic E-state index is 12.1. The van der Waals surface area contributed by atoms with Crippen molar-refractivity contribution in [2.75, 3.05) is 0 Å². The maximum atomic E-state index is 12.1. The highest BCUT2D eigenvalue weighted by atomic mass is 16.6. The molecule has 1 atom stereocenters. The summed E-state index contributed by atoms with van der Waals surface area (Å²) in [4.78, 5) is 12.1. The van der Waals surface area contributed by atoms with Gasteiger partial charge in [0.2, 0.25) is 0 Å². The molecule has 0 bridgehead atoms. The lowest BCUT2D eigenvalue weighted by molar-refractivity contribution is -0.171. The highest BCUT2D eigenvalue weighted by Gasteiger charge is 2.45. The fraction of sp³-hybridized carbons (Fsp3) is 0.941. The number of carbonyl (C=O) groups is 1. The predicted octanol–water partition coefficient (Wildman–Crippen LogP) is 4.86. The van der Waals surface area contributed by atoms with Crippen LogP contribution in [-0.2, 0) is 9.53 Å². The number of hydrogen-bond acceptors (Lipinski definition) is 2. The van der Waals surface area contributed by atoms with E-state index >= 15 is 0 Å². The lowest BCUT2D eigenvalue weighted by atomic mass is 9.67. The summed E-state index contributed by atoms with van der Waals surface area (Å²) in [6, 6.07) is 0. The van der Waals surface area contributed by atoms with Crippen molar-refractivity contribution in [2.24, 2.45) is 11.3 Å². The number of esters is 1. The second-order valence-electron chi connectivity index (χ2n) is 6.97. The Morgan fingerprint density at radius 1 is 1.05 bits per heavy atom. The summed E-state index contributed by atoms with van der Waals surface area (Å²) >= 11 is 0. The molecule has 0 aromatic heterocycles. The van der Waals surface area contributed by atoms with Gasteiger partial charge in [-0.3, -0.25) is 4.79 Å². The van der Waals surface area contributed by atoms with Gasteiger partial charge in [-0.15, -0.1) is 0 Å². The van der Waals surface area contributed by atoms with Crippen molar-refractivity contribution in [3.63, 3.8) is 0 Å². The highest BCUT2D eigenvalue weighted by molar-refractivity contribution is 5.72. The zero-order chi connectivity index (χ0) is 13.9. The summed E-state index contributed by atoms with van der Waals surface area (Å²) in [7, 11) is 0. The zero-order valence-corrected chi connectivity index (χ0v) is 13.0. The minimum Gasteiger partial charge on any atom is -0.459 e. The second kappa shape index (κ2) is 5.85. The molecule has 1 spiro atoms. The van der Waals surface area contributed by atoms with Gasteiger partial charge in [0, 0.05) is 0 Å². The number of carbonyl (C=O) groups excluding carboxylic acids is 1. The Balaban J connectivity index is 1.95. The zero-order valence-electron chi connectivity index (χ0n) is 13.0. The van der Waals surface area contributed by atoms with Gasteiger partial charge in [-0.05, 0) is 56.8 Å². The van der Waals surface area contributed by atoms with Crippen LogP contribution in [-0.4, -0.2) is 11.6 Å². The first-order valence-corrected chi connectivity index (χ1v) is 8.28. The third-order valence-electron chi connectivity index (χ3n) is 5.86. The summed E-state index contributed by atoms with van der Waals surface area (Å²) in [6.07, 6.45) is 12.2. The van der Waals surface area contributed by atoms with Crippen LogP contribution >= 0.6 is 0 Å². The first-order chi connectivity index (χ1) is 9.05. The molecule has 110 valence electrons. The molecule has 2 aliphatic carbocycles. The molecule has 0 saturated heterocycles. The van der Waals surface area contributed by atoms with E-state index in [0.29, 0.717) is 5.41 Å². The molecular formula is C17H30O2. The van der Waals surface area contributed by atoms with Crippen LogP contribution in [0.25, 0.3) is 0 Å². The van der Waals surface area contributed by atoms with Crippen LogP contribution < -0.4 is 0 Å². The van der Waals surface area contributed by atoms with Crippen molar-refractivity contribution in [1.29, 1.82) is 0 Å². The smallest absolute Gasteiger partial charge is 0.309 e. The Bertz CT molecular complexity index is 305. The molecule has 19 heavy (non-hydrogen) atoms. The van der Waals surface area contributed by atoms with Crippen molar-refractivity contribution < 1.29 is 9.53 Å². The SMILES string of the molecule is CCC(C)C(=O)OC1(CC)CCC2(CCCC2)CC1. The van der Waals surface area contributed by atoms with Crippen molar-refractivity contribution >= 4 is 5.97 Å². The van der Waals surface area contributed by atoms with Gasteiger partial charge in [0.15, 0.2) is 0 Å². The van der Waals surface area contributed by atoms with Gasteiger partial charge in [0.25, 0.3) is 0 Å². The Morgan fingerprint density at radius 2 is 1.63 bits per heavy atom. The molecule has 0 aliphatic heterocycles. The molecule has 0 amide bonds. The van der Waals surface area contributed by atoms with Crippen LogP contribution in [0.2, 0.25) is 0 Å². The number of ether oxygens (including phenoxy) is 1. The van der Waals surface area contributed by atoms with Gasteiger partial charge in [0.05, 0.1) is 5.92 Å². The largest absolute Gasteiger partial charge is 0.459 e.